The number of carbonyl (C=O) groups excluding carboxylic acids is 1. The van der Waals surface area contributed by atoms with Gasteiger partial charge in [0, 0.05) is 0 Å². The fraction of sp³-hybridized carbons (Fsp3) is 0.100. The lowest BCUT2D eigenvalue weighted by Gasteiger charge is -2.10. The summed E-state index contributed by atoms with van der Waals surface area (Å²) >= 11 is 12.8. The number of hydrogen-bond donors (Lipinski definition) is 2. The van der Waals surface area contributed by atoms with E-state index >= 15 is 0 Å². The second-order valence-electron chi connectivity index (χ2n) is 3.95. The second kappa shape index (κ2) is 5.85. The first-order chi connectivity index (χ1) is 9.70. The molecule has 0 spiro atoms. The molecule has 7 nitrogen and oxygen atoms in total. The summed E-state index contributed by atoms with van der Waals surface area (Å²) in [5.74, 6) is -0.491. The number of nitrogens with one attached hydrogen (secondary N) is 1. The van der Waals surface area contributed by atoms with Gasteiger partial charge in [0.2, 0.25) is 10.0 Å². The Bertz CT molecular complexity index is 796. The van der Waals surface area contributed by atoms with E-state index in [1.165, 1.54) is 0 Å². The molecule has 0 radical (unpaired) electrons. The van der Waals surface area contributed by atoms with Crippen molar-refractivity contribution in [3.63, 3.8) is 0 Å². The van der Waals surface area contributed by atoms with Crippen LogP contribution in [0.5, 0.6) is 0 Å². The van der Waals surface area contributed by atoms with Crippen LogP contribution in [0.1, 0.15) is 15.4 Å². The fourth-order valence-electron chi connectivity index (χ4n) is 1.44. The van der Waals surface area contributed by atoms with Crippen molar-refractivity contribution in [2.24, 2.45) is 5.14 Å². The van der Waals surface area contributed by atoms with Gasteiger partial charge in [0.1, 0.15) is 4.88 Å². The number of nitrogens with zero attached hydrogens (tertiary/aromatic N) is 2. The van der Waals surface area contributed by atoms with Crippen molar-refractivity contribution in [2.75, 3.05) is 5.32 Å². The van der Waals surface area contributed by atoms with E-state index in [0.29, 0.717) is 10.6 Å². The molecular formula is C10H8Cl2N4O3S2. The Morgan fingerprint density at radius 2 is 1.90 bits per heavy atom. The first-order valence-electron chi connectivity index (χ1n) is 5.32. The minimum atomic E-state index is -3.94. The van der Waals surface area contributed by atoms with Crippen LogP contribution >= 0.6 is 34.7 Å². The van der Waals surface area contributed by atoms with E-state index in [0.717, 1.165) is 23.7 Å². The third kappa shape index (κ3) is 3.50. The Kier molecular flexibility index (Phi) is 4.49. The van der Waals surface area contributed by atoms with Gasteiger partial charge in [0.25, 0.3) is 5.91 Å². The summed E-state index contributed by atoms with van der Waals surface area (Å²) in [4.78, 5) is 12.1. The number of sulfonamides is 1. The van der Waals surface area contributed by atoms with E-state index < -0.39 is 15.9 Å². The van der Waals surface area contributed by atoms with Crippen molar-refractivity contribution in [1.29, 1.82) is 0 Å². The van der Waals surface area contributed by atoms with Crippen LogP contribution in [0.15, 0.2) is 17.0 Å². The molecule has 1 aromatic carbocycles. The number of carbonyl (C=O) groups is 1. The van der Waals surface area contributed by atoms with Gasteiger partial charge < -0.3 is 5.32 Å². The minimum Gasteiger partial charge on any atom is -0.319 e. The largest absolute Gasteiger partial charge is 0.319 e. The first-order valence-corrected chi connectivity index (χ1v) is 8.40. The summed E-state index contributed by atoms with van der Waals surface area (Å²) in [5, 5.41) is 11.1. The molecule has 0 aliphatic rings. The van der Waals surface area contributed by atoms with Crippen LogP contribution in [0.25, 0.3) is 0 Å². The zero-order valence-electron chi connectivity index (χ0n) is 10.4. The van der Waals surface area contributed by atoms with Gasteiger partial charge in [-0.05, 0) is 30.6 Å². The SMILES string of the molecule is Cc1nnsc1C(=O)Nc1c(Cl)cc(S(N)(=O)=O)cc1Cl. The summed E-state index contributed by atoms with van der Waals surface area (Å²) in [6.45, 7) is 1.63. The number of halogens is 2. The predicted octanol–water partition coefficient (Wildman–Crippen LogP) is 2.05. The smallest absolute Gasteiger partial charge is 0.269 e. The van der Waals surface area contributed by atoms with Crippen molar-refractivity contribution in [1.82, 2.24) is 9.59 Å². The van der Waals surface area contributed by atoms with Crippen LogP contribution in [0, 0.1) is 6.92 Å². The van der Waals surface area contributed by atoms with Crippen LogP contribution < -0.4 is 10.5 Å². The van der Waals surface area contributed by atoms with E-state index in [2.05, 4.69) is 14.9 Å². The van der Waals surface area contributed by atoms with E-state index in [1.807, 2.05) is 0 Å². The molecule has 0 atom stereocenters. The maximum Gasteiger partial charge on any atom is 0.269 e. The van der Waals surface area contributed by atoms with Gasteiger partial charge in [0.15, 0.2) is 0 Å². The molecule has 11 heteroatoms. The number of primary sulfonamides is 1. The van der Waals surface area contributed by atoms with Gasteiger partial charge in [-0.1, -0.05) is 27.7 Å². The highest BCUT2D eigenvalue weighted by Gasteiger charge is 2.19. The Balaban J connectivity index is 2.38. The molecule has 1 aromatic heterocycles. The zero-order chi connectivity index (χ0) is 15.8. The third-order valence-electron chi connectivity index (χ3n) is 2.44. The van der Waals surface area contributed by atoms with Crippen LogP contribution in [0.4, 0.5) is 5.69 Å². The van der Waals surface area contributed by atoms with E-state index in [9.17, 15) is 13.2 Å². The van der Waals surface area contributed by atoms with Crippen LogP contribution in [-0.2, 0) is 10.0 Å². The highest BCUT2D eigenvalue weighted by atomic mass is 35.5. The monoisotopic (exact) mass is 366 g/mol. The predicted molar refractivity (Wildman–Crippen MR) is 80.4 cm³/mol. The number of anilines is 1. The van der Waals surface area contributed by atoms with Crippen LogP contribution in [0.2, 0.25) is 10.0 Å². The van der Waals surface area contributed by atoms with Crippen molar-refractivity contribution >= 4 is 56.4 Å². The second-order valence-corrected chi connectivity index (χ2v) is 7.08. The molecular weight excluding hydrogens is 359 g/mol. The maximum atomic E-state index is 12.0. The fourth-order valence-corrected chi connectivity index (χ4v) is 3.27. The van der Waals surface area contributed by atoms with Gasteiger partial charge >= 0.3 is 0 Å². The van der Waals surface area contributed by atoms with E-state index in [4.69, 9.17) is 28.3 Å². The van der Waals surface area contributed by atoms with Crippen molar-refractivity contribution in [3.8, 4) is 0 Å². The lowest BCUT2D eigenvalue weighted by atomic mass is 10.3. The third-order valence-corrected chi connectivity index (χ3v) is 4.76. The molecule has 0 bridgehead atoms. The quantitative estimate of drug-likeness (QED) is 0.862. The molecule has 112 valence electrons. The summed E-state index contributed by atoms with van der Waals surface area (Å²) in [7, 11) is -3.94. The van der Waals surface area contributed by atoms with Gasteiger partial charge in [-0.25, -0.2) is 13.6 Å². The molecule has 2 rings (SSSR count). The Hall–Kier alpha value is -1.26. The number of amides is 1. The molecule has 0 fully saturated rings. The van der Waals surface area contributed by atoms with Gasteiger partial charge in [0.05, 0.1) is 26.3 Å². The van der Waals surface area contributed by atoms with Crippen LogP contribution in [-0.4, -0.2) is 23.9 Å². The number of aromatic nitrogens is 2. The first kappa shape index (κ1) is 16.1. The molecule has 2 aromatic rings. The van der Waals surface area contributed by atoms with Crippen molar-refractivity contribution in [2.45, 2.75) is 11.8 Å². The van der Waals surface area contributed by atoms with Gasteiger partial charge in [-0.2, -0.15) is 0 Å². The highest BCUT2D eigenvalue weighted by molar-refractivity contribution is 7.89. The number of aryl methyl sites for hydroxylation is 1. The zero-order valence-corrected chi connectivity index (χ0v) is 13.6. The Morgan fingerprint density at radius 3 is 2.33 bits per heavy atom. The molecule has 1 amide bonds. The number of hydrogen-bond acceptors (Lipinski definition) is 6. The lowest BCUT2D eigenvalue weighted by molar-refractivity contribution is 0.103. The number of rotatable bonds is 3. The topological polar surface area (TPSA) is 115 Å². The highest BCUT2D eigenvalue weighted by Crippen LogP contribution is 2.33. The lowest BCUT2D eigenvalue weighted by Crippen LogP contribution is -2.15. The molecule has 0 unspecified atom stereocenters. The summed E-state index contributed by atoms with van der Waals surface area (Å²) < 4.78 is 26.2. The normalized spacial score (nSPS) is 11.4. The maximum absolute atomic E-state index is 12.0. The summed E-state index contributed by atoms with van der Waals surface area (Å²) in [6.07, 6.45) is 0. The molecule has 1 heterocycles. The molecule has 0 aliphatic carbocycles. The Labute approximate surface area is 134 Å². The molecule has 0 saturated heterocycles. The number of benzene rings is 1. The van der Waals surface area contributed by atoms with E-state index in [-0.39, 0.29) is 20.6 Å². The summed E-state index contributed by atoms with van der Waals surface area (Å²) in [6, 6.07) is 2.21. The van der Waals surface area contributed by atoms with Gasteiger partial charge in [-0.3, -0.25) is 4.79 Å². The molecule has 3 N–H and O–H groups in total. The molecule has 0 saturated carbocycles. The molecule has 21 heavy (non-hydrogen) atoms. The van der Waals surface area contributed by atoms with Crippen molar-refractivity contribution < 1.29 is 13.2 Å². The average molecular weight is 367 g/mol. The Morgan fingerprint density at radius 1 is 1.33 bits per heavy atom. The van der Waals surface area contributed by atoms with Crippen molar-refractivity contribution in [3.05, 3.63) is 32.7 Å². The average Bonchev–Trinajstić information content (AvgIpc) is 2.78. The molecule has 0 aliphatic heterocycles. The van der Waals surface area contributed by atoms with E-state index in [1.54, 1.807) is 6.92 Å². The number of nitrogens with two attached hydrogens (primary N) is 1. The van der Waals surface area contributed by atoms with Crippen LogP contribution in [0.3, 0.4) is 0 Å². The minimum absolute atomic E-state index is 0.0463. The van der Waals surface area contributed by atoms with Gasteiger partial charge in [-0.15, -0.1) is 5.10 Å². The summed E-state index contributed by atoms with van der Waals surface area (Å²) in [5.41, 5.74) is 0.550. The standard InChI is InChI=1S/C10H8Cl2N4O3S2/c1-4-9(20-16-15-4)10(17)14-8-6(11)2-5(3-7(8)12)21(13,18)19/h2-3H,1H3,(H,14,17)(H2,13,18,19).